The summed E-state index contributed by atoms with van der Waals surface area (Å²) in [5.74, 6) is 0.443. The second kappa shape index (κ2) is 7.47. The molecule has 4 rings (SSSR count). The molecule has 3 heterocycles. The summed E-state index contributed by atoms with van der Waals surface area (Å²) < 4.78 is 16.1. The topological polar surface area (TPSA) is 113 Å². The van der Waals surface area contributed by atoms with E-state index in [4.69, 9.17) is 0 Å². The maximum atomic E-state index is 14.5. The van der Waals surface area contributed by atoms with Crippen molar-refractivity contribution >= 4 is 29.1 Å². The fourth-order valence-electron chi connectivity index (χ4n) is 3.01. The van der Waals surface area contributed by atoms with Crippen LogP contribution in [0, 0.1) is 0 Å². The van der Waals surface area contributed by atoms with Crippen LogP contribution in [0.15, 0.2) is 30.2 Å². The Labute approximate surface area is 160 Å². The van der Waals surface area contributed by atoms with E-state index in [1.54, 1.807) is 10.7 Å². The number of allylic oxidation sites excluding steroid dienone is 1. The third-order valence-corrected chi connectivity index (χ3v) is 4.27. The number of hydrogen-bond donors (Lipinski definition) is 3. The average molecular weight is 384 g/mol. The number of nitrogens with one attached hydrogen (secondary N) is 2. The average Bonchev–Trinajstić information content (AvgIpc) is 3.05. The van der Waals surface area contributed by atoms with Crippen molar-refractivity contribution in [1.29, 1.82) is 0 Å². The van der Waals surface area contributed by atoms with Crippen molar-refractivity contribution in [3.05, 3.63) is 36.0 Å². The van der Waals surface area contributed by atoms with Gasteiger partial charge in [-0.15, -0.1) is 5.10 Å². The molecule has 0 aliphatic heterocycles. The Kier molecular flexibility index (Phi) is 4.86. The molecule has 1 atom stereocenters. The molecule has 0 fully saturated rings. The second-order valence-electron chi connectivity index (χ2n) is 6.90. The molecule has 3 N–H and O–H groups in total. The molecular formula is C18H21FN8O. The molecule has 0 saturated heterocycles. The lowest BCUT2D eigenvalue weighted by Crippen LogP contribution is -2.18. The van der Waals surface area contributed by atoms with Crippen molar-refractivity contribution in [2.24, 2.45) is 0 Å². The molecule has 0 aromatic carbocycles. The molecule has 1 aliphatic carbocycles. The Hall–Kier alpha value is -3.14. The number of anilines is 3. The summed E-state index contributed by atoms with van der Waals surface area (Å²) in [5.41, 5.74) is 0.975. The van der Waals surface area contributed by atoms with Gasteiger partial charge in [-0.3, -0.25) is 5.32 Å². The van der Waals surface area contributed by atoms with Gasteiger partial charge in [0.15, 0.2) is 11.5 Å². The van der Waals surface area contributed by atoms with Crippen LogP contribution in [-0.2, 0) is 0 Å². The summed E-state index contributed by atoms with van der Waals surface area (Å²) in [5, 5.41) is 20.2. The van der Waals surface area contributed by atoms with Crippen LogP contribution in [0.4, 0.5) is 22.2 Å². The minimum absolute atomic E-state index is 0.0761. The van der Waals surface area contributed by atoms with E-state index < -0.39 is 11.9 Å². The van der Waals surface area contributed by atoms with Gasteiger partial charge >= 0.3 is 0 Å². The maximum absolute atomic E-state index is 14.5. The quantitative estimate of drug-likeness (QED) is 0.615. The molecule has 0 spiro atoms. The summed E-state index contributed by atoms with van der Waals surface area (Å²) in [6.45, 7) is 3.90. The van der Waals surface area contributed by atoms with Gasteiger partial charge in [0, 0.05) is 17.8 Å². The van der Waals surface area contributed by atoms with Gasteiger partial charge in [0.05, 0.1) is 0 Å². The maximum Gasteiger partial charge on any atom is 0.249 e. The molecular weight excluding hydrogens is 363 g/mol. The monoisotopic (exact) mass is 384 g/mol. The summed E-state index contributed by atoms with van der Waals surface area (Å²) in [7, 11) is 0. The molecule has 3 aromatic rings. The normalized spacial score (nSPS) is 17.4. The van der Waals surface area contributed by atoms with Gasteiger partial charge in [0.1, 0.15) is 11.9 Å². The molecule has 9 nitrogen and oxygen atoms in total. The van der Waals surface area contributed by atoms with Crippen molar-refractivity contribution in [2.75, 3.05) is 10.6 Å². The lowest BCUT2D eigenvalue weighted by Gasteiger charge is -2.19. The van der Waals surface area contributed by atoms with Gasteiger partial charge in [-0.25, -0.2) is 8.91 Å². The fourth-order valence-corrected chi connectivity index (χ4v) is 3.01. The number of aromatic nitrogens is 6. The summed E-state index contributed by atoms with van der Waals surface area (Å²) in [6, 6.07) is 5.61. The first-order chi connectivity index (χ1) is 13.5. The standard InChI is InChI=1S/C18H21FN8O/c1-10(2)20-16-22-15(11-6-5-7-12(28)14(11)19)23-17(24-16)25-18-21-13-8-3-4-9-27(13)26-18/h3-4,8-10,12,28H,5-7H2,1-2H3,(H2,20,22,23,24,25,26). The van der Waals surface area contributed by atoms with Crippen LogP contribution in [0.2, 0.25) is 0 Å². The molecule has 0 bridgehead atoms. The number of aliphatic hydroxyl groups excluding tert-OH is 1. The minimum Gasteiger partial charge on any atom is -0.386 e. The zero-order valence-corrected chi connectivity index (χ0v) is 15.6. The number of halogens is 1. The Morgan fingerprint density at radius 1 is 1.14 bits per heavy atom. The summed E-state index contributed by atoms with van der Waals surface area (Å²) in [6.07, 6.45) is 2.19. The Morgan fingerprint density at radius 3 is 2.75 bits per heavy atom. The highest BCUT2D eigenvalue weighted by molar-refractivity contribution is 5.65. The highest BCUT2D eigenvalue weighted by atomic mass is 19.1. The van der Waals surface area contributed by atoms with Crippen molar-refractivity contribution in [3.8, 4) is 0 Å². The number of rotatable bonds is 5. The van der Waals surface area contributed by atoms with Gasteiger partial charge in [-0.05, 0) is 45.2 Å². The van der Waals surface area contributed by atoms with E-state index in [1.807, 2.05) is 32.0 Å². The molecule has 1 unspecified atom stereocenters. The van der Waals surface area contributed by atoms with Gasteiger partial charge in [0.25, 0.3) is 0 Å². The zero-order valence-electron chi connectivity index (χ0n) is 15.6. The predicted molar refractivity (Wildman–Crippen MR) is 103 cm³/mol. The number of fused-ring (bicyclic) bond motifs is 1. The lowest BCUT2D eigenvalue weighted by molar-refractivity contribution is 0.165. The molecule has 10 heteroatoms. The first-order valence-corrected chi connectivity index (χ1v) is 9.17. The molecule has 28 heavy (non-hydrogen) atoms. The largest absolute Gasteiger partial charge is 0.386 e. The van der Waals surface area contributed by atoms with E-state index >= 15 is 0 Å². The van der Waals surface area contributed by atoms with Crippen LogP contribution >= 0.6 is 0 Å². The third kappa shape index (κ3) is 3.77. The third-order valence-electron chi connectivity index (χ3n) is 4.27. The van der Waals surface area contributed by atoms with Crippen molar-refractivity contribution in [3.63, 3.8) is 0 Å². The zero-order chi connectivity index (χ0) is 19.7. The van der Waals surface area contributed by atoms with Gasteiger partial charge < -0.3 is 10.4 Å². The number of pyridine rings is 1. The molecule has 0 amide bonds. The molecule has 146 valence electrons. The molecule has 3 aromatic heterocycles. The molecule has 0 radical (unpaired) electrons. The Morgan fingerprint density at radius 2 is 1.96 bits per heavy atom. The smallest absolute Gasteiger partial charge is 0.249 e. The predicted octanol–water partition coefficient (Wildman–Crippen LogP) is 2.70. The van der Waals surface area contributed by atoms with Crippen LogP contribution in [0.3, 0.4) is 0 Å². The Balaban J connectivity index is 1.72. The van der Waals surface area contributed by atoms with Crippen LogP contribution in [0.5, 0.6) is 0 Å². The van der Waals surface area contributed by atoms with Crippen molar-refractivity contribution in [1.82, 2.24) is 29.5 Å². The highest BCUT2D eigenvalue weighted by Gasteiger charge is 2.25. The number of hydrogen-bond acceptors (Lipinski definition) is 8. The first kappa shape index (κ1) is 18.2. The lowest BCUT2D eigenvalue weighted by atomic mass is 9.96. The van der Waals surface area contributed by atoms with E-state index in [0.29, 0.717) is 42.4 Å². The van der Waals surface area contributed by atoms with E-state index in [1.165, 1.54) is 0 Å². The van der Waals surface area contributed by atoms with Crippen molar-refractivity contribution in [2.45, 2.75) is 45.3 Å². The minimum atomic E-state index is -1.11. The van der Waals surface area contributed by atoms with Crippen LogP contribution in [-0.4, -0.2) is 46.8 Å². The molecule has 0 saturated carbocycles. The fraction of sp³-hybridized carbons (Fsp3) is 0.389. The summed E-state index contributed by atoms with van der Waals surface area (Å²) >= 11 is 0. The SMILES string of the molecule is CC(C)Nc1nc(Nc2nc3ccccn3n2)nc(C2=C(F)C(O)CCC2)n1. The number of aliphatic hydroxyl groups is 1. The second-order valence-corrected chi connectivity index (χ2v) is 6.90. The number of nitrogens with zero attached hydrogens (tertiary/aromatic N) is 6. The first-order valence-electron chi connectivity index (χ1n) is 9.17. The highest BCUT2D eigenvalue weighted by Crippen LogP contribution is 2.32. The summed E-state index contributed by atoms with van der Waals surface area (Å²) in [4.78, 5) is 17.4. The van der Waals surface area contributed by atoms with Gasteiger partial charge in [-0.2, -0.15) is 19.9 Å². The van der Waals surface area contributed by atoms with Crippen LogP contribution < -0.4 is 10.6 Å². The van der Waals surface area contributed by atoms with Gasteiger partial charge in [0.2, 0.25) is 17.8 Å². The van der Waals surface area contributed by atoms with Gasteiger partial charge in [-0.1, -0.05) is 6.07 Å². The van der Waals surface area contributed by atoms with Crippen LogP contribution in [0.1, 0.15) is 38.9 Å². The van der Waals surface area contributed by atoms with E-state index in [9.17, 15) is 9.50 Å². The molecule has 1 aliphatic rings. The van der Waals surface area contributed by atoms with E-state index in [0.717, 1.165) is 0 Å². The van der Waals surface area contributed by atoms with E-state index in [2.05, 4.69) is 35.7 Å². The van der Waals surface area contributed by atoms with Crippen molar-refractivity contribution < 1.29 is 9.50 Å². The van der Waals surface area contributed by atoms with Crippen LogP contribution in [0.25, 0.3) is 11.2 Å². The van der Waals surface area contributed by atoms with E-state index in [-0.39, 0.29) is 17.8 Å². The Bertz CT molecular complexity index is 998.